The van der Waals surface area contributed by atoms with Crippen LogP contribution in [0.25, 0.3) is 0 Å². The first-order chi connectivity index (χ1) is 9.74. The molecule has 1 aromatic carbocycles. The highest BCUT2D eigenvalue weighted by Crippen LogP contribution is 2.16. The number of methoxy groups -OCH3 is 1. The number of ether oxygens (including phenoxy) is 1. The van der Waals surface area contributed by atoms with Gasteiger partial charge in [-0.25, -0.2) is 9.97 Å². The number of amides is 1. The number of aromatic nitrogens is 2. The van der Waals surface area contributed by atoms with Crippen LogP contribution in [0.1, 0.15) is 16.1 Å². The maximum Gasteiger partial charge on any atom is 0.271 e. The number of nitrogens with one attached hydrogen (secondary N) is 2. The molecule has 0 bridgehead atoms. The van der Waals surface area contributed by atoms with E-state index in [4.69, 9.17) is 4.74 Å². The Labute approximate surface area is 117 Å². The molecule has 0 radical (unpaired) electrons. The van der Waals surface area contributed by atoms with Crippen molar-refractivity contribution in [2.75, 3.05) is 19.5 Å². The maximum absolute atomic E-state index is 11.9. The largest absolute Gasteiger partial charge is 0.496 e. The van der Waals surface area contributed by atoms with Crippen LogP contribution in [0.3, 0.4) is 0 Å². The summed E-state index contributed by atoms with van der Waals surface area (Å²) in [6.07, 6.45) is 2.95. The Morgan fingerprint density at radius 3 is 2.70 bits per heavy atom. The Balaban J connectivity index is 2.01. The second kappa shape index (κ2) is 6.51. The number of rotatable bonds is 5. The van der Waals surface area contributed by atoms with E-state index in [1.54, 1.807) is 14.2 Å². The molecular weight excluding hydrogens is 256 g/mol. The Hall–Kier alpha value is -2.63. The molecule has 2 rings (SSSR count). The smallest absolute Gasteiger partial charge is 0.271 e. The van der Waals surface area contributed by atoms with Crippen molar-refractivity contribution in [2.45, 2.75) is 6.54 Å². The summed E-state index contributed by atoms with van der Waals surface area (Å²) in [7, 11) is 3.34. The summed E-state index contributed by atoms with van der Waals surface area (Å²) in [4.78, 5) is 20.0. The third kappa shape index (κ3) is 3.23. The molecule has 1 aromatic heterocycles. The number of hydrogen-bond donors (Lipinski definition) is 2. The van der Waals surface area contributed by atoms with Gasteiger partial charge in [0.25, 0.3) is 5.91 Å². The van der Waals surface area contributed by atoms with Crippen LogP contribution in [0.5, 0.6) is 5.75 Å². The summed E-state index contributed by atoms with van der Waals surface area (Å²) in [5.41, 5.74) is 1.18. The molecule has 0 unspecified atom stereocenters. The number of carbonyl (C=O) groups is 1. The minimum Gasteiger partial charge on any atom is -0.496 e. The van der Waals surface area contributed by atoms with Gasteiger partial charge < -0.3 is 15.4 Å². The lowest BCUT2D eigenvalue weighted by Gasteiger charge is -2.09. The van der Waals surface area contributed by atoms with E-state index >= 15 is 0 Å². The lowest BCUT2D eigenvalue weighted by molar-refractivity contribution is 0.0945. The van der Waals surface area contributed by atoms with Crippen LogP contribution in [0.15, 0.2) is 36.7 Å². The van der Waals surface area contributed by atoms with Gasteiger partial charge in [0.1, 0.15) is 17.3 Å². The summed E-state index contributed by atoms with van der Waals surface area (Å²) < 4.78 is 5.23. The van der Waals surface area contributed by atoms with E-state index in [1.807, 2.05) is 24.3 Å². The van der Waals surface area contributed by atoms with Crippen LogP contribution in [-0.4, -0.2) is 30.0 Å². The van der Waals surface area contributed by atoms with E-state index in [-0.39, 0.29) is 11.6 Å². The van der Waals surface area contributed by atoms with Gasteiger partial charge in [-0.2, -0.15) is 0 Å². The predicted octanol–water partition coefficient (Wildman–Crippen LogP) is 1.46. The minimum atomic E-state index is -0.272. The first-order valence-corrected chi connectivity index (χ1v) is 6.14. The maximum atomic E-state index is 11.9. The summed E-state index contributed by atoms with van der Waals surface area (Å²) >= 11 is 0. The van der Waals surface area contributed by atoms with Crippen molar-refractivity contribution in [3.63, 3.8) is 0 Å². The van der Waals surface area contributed by atoms with E-state index in [1.165, 1.54) is 12.4 Å². The molecule has 0 aliphatic heterocycles. The van der Waals surface area contributed by atoms with Gasteiger partial charge in [0.2, 0.25) is 0 Å². The van der Waals surface area contributed by atoms with Gasteiger partial charge in [0.15, 0.2) is 0 Å². The molecular formula is C14H16N4O2. The third-order valence-corrected chi connectivity index (χ3v) is 2.77. The fraction of sp³-hybridized carbons (Fsp3) is 0.214. The number of nitrogens with zero attached hydrogens (tertiary/aromatic N) is 2. The Bertz CT molecular complexity index is 584. The van der Waals surface area contributed by atoms with Crippen LogP contribution >= 0.6 is 0 Å². The fourth-order valence-corrected chi connectivity index (χ4v) is 1.69. The predicted molar refractivity (Wildman–Crippen MR) is 75.7 cm³/mol. The minimum absolute atomic E-state index is 0.272. The van der Waals surface area contributed by atoms with Crippen LogP contribution in [0, 0.1) is 0 Å². The summed E-state index contributed by atoms with van der Waals surface area (Å²) in [5.74, 6) is 1.08. The van der Waals surface area contributed by atoms with Gasteiger partial charge in [-0.05, 0) is 6.07 Å². The second-order valence-electron chi connectivity index (χ2n) is 4.03. The molecule has 0 aliphatic rings. The van der Waals surface area contributed by atoms with Crippen LogP contribution in [0.4, 0.5) is 5.82 Å². The van der Waals surface area contributed by atoms with Gasteiger partial charge in [-0.3, -0.25) is 4.79 Å². The molecule has 0 aliphatic carbocycles. The molecule has 6 nitrogen and oxygen atoms in total. The SMILES string of the molecule is CNc1cnc(C(=O)NCc2ccccc2OC)cn1. The van der Waals surface area contributed by atoms with E-state index in [0.717, 1.165) is 11.3 Å². The highest BCUT2D eigenvalue weighted by atomic mass is 16.5. The van der Waals surface area contributed by atoms with Crippen molar-refractivity contribution < 1.29 is 9.53 Å². The average molecular weight is 272 g/mol. The number of hydrogen-bond acceptors (Lipinski definition) is 5. The first-order valence-electron chi connectivity index (χ1n) is 6.14. The quantitative estimate of drug-likeness (QED) is 0.861. The number of benzene rings is 1. The zero-order valence-corrected chi connectivity index (χ0v) is 11.4. The number of anilines is 1. The number of para-hydroxylation sites is 1. The molecule has 1 amide bonds. The normalized spacial score (nSPS) is 9.90. The summed E-state index contributed by atoms with van der Waals surface area (Å²) in [6, 6.07) is 7.52. The molecule has 6 heteroatoms. The molecule has 0 saturated carbocycles. The fourth-order valence-electron chi connectivity index (χ4n) is 1.69. The highest BCUT2D eigenvalue weighted by molar-refractivity contribution is 5.92. The summed E-state index contributed by atoms with van der Waals surface area (Å²) in [5, 5.41) is 5.63. The Kier molecular flexibility index (Phi) is 4.49. The monoisotopic (exact) mass is 272 g/mol. The molecule has 0 spiro atoms. The van der Waals surface area contributed by atoms with E-state index in [2.05, 4.69) is 20.6 Å². The van der Waals surface area contributed by atoms with Gasteiger partial charge in [-0.15, -0.1) is 0 Å². The zero-order valence-electron chi connectivity index (χ0n) is 11.4. The standard InChI is InChI=1S/C14H16N4O2/c1-15-13-9-16-11(8-17-13)14(19)18-7-10-5-3-4-6-12(10)20-2/h3-6,8-9H,7H2,1-2H3,(H,15,17)(H,18,19). The molecule has 20 heavy (non-hydrogen) atoms. The molecule has 0 saturated heterocycles. The van der Waals surface area contributed by atoms with Gasteiger partial charge in [-0.1, -0.05) is 18.2 Å². The van der Waals surface area contributed by atoms with Crippen molar-refractivity contribution >= 4 is 11.7 Å². The van der Waals surface area contributed by atoms with Crippen molar-refractivity contribution in [2.24, 2.45) is 0 Å². The summed E-state index contributed by atoms with van der Waals surface area (Å²) in [6.45, 7) is 0.373. The second-order valence-corrected chi connectivity index (χ2v) is 4.03. The molecule has 0 fully saturated rings. The van der Waals surface area contributed by atoms with Crippen molar-refractivity contribution in [3.05, 3.63) is 47.9 Å². The van der Waals surface area contributed by atoms with E-state index < -0.39 is 0 Å². The van der Waals surface area contributed by atoms with Crippen LogP contribution in [-0.2, 0) is 6.54 Å². The third-order valence-electron chi connectivity index (χ3n) is 2.77. The lowest BCUT2D eigenvalue weighted by Crippen LogP contribution is -2.24. The molecule has 0 atom stereocenters. The average Bonchev–Trinajstić information content (AvgIpc) is 2.53. The Morgan fingerprint density at radius 2 is 2.05 bits per heavy atom. The Morgan fingerprint density at radius 1 is 1.25 bits per heavy atom. The van der Waals surface area contributed by atoms with Crippen molar-refractivity contribution in [1.82, 2.24) is 15.3 Å². The van der Waals surface area contributed by atoms with Crippen LogP contribution < -0.4 is 15.4 Å². The van der Waals surface area contributed by atoms with Gasteiger partial charge in [0.05, 0.1) is 19.5 Å². The topological polar surface area (TPSA) is 76.1 Å². The van der Waals surface area contributed by atoms with Crippen molar-refractivity contribution in [1.29, 1.82) is 0 Å². The molecule has 2 N–H and O–H groups in total. The molecule has 1 heterocycles. The van der Waals surface area contributed by atoms with Gasteiger partial charge >= 0.3 is 0 Å². The zero-order chi connectivity index (χ0) is 14.4. The van der Waals surface area contributed by atoms with Crippen LogP contribution in [0.2, 0.25) is 0 Å². The molecule has 2 aromatic rings. The number of carbonyl (C=O) groups excluding carboxylic acids is 1. The van der Waals surface area contributed by atoms with E-state index in [9.17, 15) is 4.79 Å². The molecule has 104 valence electrons. The first kappa shape index (κ1) is 13.8. The van der Waals surface area contributed by atoms with Crippen molar-refractivity contribution in [3.8, 4) is 5.75 Å². The highest BCUT2D eigenvalue weighted by Gasteiger charge is 2.09. The lowest BCUT2D eigenvalue weighted by atomic mass is 10.2. The van der Waals surface area contributed by atoms with Gasteiger partial charge in [0, 0.05) is 19.2 Å². The van der Waals surface area contributed by atoms with E-state index in [0.29, 0.717) is 12.4 Å².